The van der Waals surface area contributed by atoms with E-state index < -0.39 is 0 Å². The highest BCUT2D eigenvalue weighted by Gasteiger charge is 2.25. The Morgan fingerprint density at radius 1 is 1.41 bits per heavy atom. The Balaban J connectivity index is 1.84. The molecule has 3 heteroatoms. The van der Waals surface area contributed by atoms with Gasteiger partial charge in [-0.15, -0.1) is 0 Å². The molecular weight excluding hydrogens is 212 g/mol. The van der Waals surface area contributed by atoms with Crippen molar-refractivity contribution in [3.05, 3.63) is 23.7 Å². The lowest BCUT2D eigenvalue weighted by Gasteiger charge is -2.16. The van der Waals surface area contributed by atoms with Crippen LogP contribution in [-0.4, -0.2) is 25.0 Å². The predicted octanol–water partition coefficient (Wildman–Crippen LogP) is 2.48. The second-order valence-corrected chi connectivity index (χ2v) is 5.43. The van der Waals surface area contributed by atoms with Crippen LogP contribution in [0.1, 0.15) is 31.8 Å². The van der Waals surface area contributed by atoms with E-state index in [1.165, 1.54) is 19.5 Å². The zero-order valence-electron chi connectivity index (χ0n) is 11.2. The monoisotopic (exact) mass is 236 g/mol. The minimum atomic E-state index is 0.802. The smallest absolute Gasteiger partial charge is 0.118 e. The summed E-state index contributed by atoms with van der Waals surface area (Å²) in [6, 6.07) is 4.18. The molecule has 0 aliphatic carbocycles. The molecule has 1 aliphatic rings. The molecule has 1 aliphatic heterocycles. The molecule has 1 fully saturated rings. The fourth-order valence-corrected chi connectivity index (χ4v) is 2.55. The van der Waals surface area contributed by atoms with Crippen molar-refractivity contribution in [3.8, 4) is 0 Å². The fraction of sp³-hybridized carbons (Fsp3) is 0.714. The van der Waals surface area contributed by atoms with E-state index in [1.54, 1.807) is 0 Å². The van der Waals surface area contributed by atoms with E-state index in [4.69, 9.17) is 4.42 Å². The van der Waals surface area contributed by atoms with Crippen LogP contribution in [0.3, 0.4) is 0 Å². The molecule has 1 saturated heterocycles. The van der Waals surface area contributed by atoms with Gasteiger partial charge in [0.05, 0.1) is 13.1 Å². The summed E-state index contributed by atoms with van der Waals surface area (Å²) >= 11 is 0. The standard InChI is InChI=1S/C14H24N2O/c1-11(2)12-6-7-16(9-12)10-14-5-4-13(17-14)8-15-3/h4-5,11-12,15H,6-10H2,1-3H3. The maximum atomic E-state index is 5.78. The maximum Gasteiger partial charge on any atom is 0.118 e. The number of rotatable bonds is 5. The van der Waals surface area contributed by atoms with Crippen molar-refractivity contribution in [2.24, 2.45) is 11.8 Å². The quantitative estimate of drug-likeness (QED) is 0.851. The number of hydrogen-bond donors (Lipinski definition) is 1. The summed E-state index contributed by atoms with van der Waals surface area (Å²) in [7, 11) is 1.94. The second kappa shape index (κ2) is 5.69. The van der Waals surface area contributed by atoms with Gasteiger partial charge < -0.3 is 9.73 Å². The highest BCUT2D eigenvalue weighted by atomic mass is 16.3. The average Bonchev–Trinajstić information content (AvgIpc) is 2.89. The largest absolute Gasteiger partial charge is 0.463 e. The molecule has 0 radical (unpaired) electrons. The lowest BCUT2D eigenvalue weighted by atomic mass is 9.95. The van der Waals surface area contributed by atoms with Gasteiger partial charge in [-0.25, -0.2) is 0 Å². The molecule has 2 heterocycles. The fourth-order valence-electron chi connectivity index (χ4n) is 2.55. The average molecular weight is 236 g/mol. The van der Waals surface area contributed by atoms with Gasteiger partial charge in [0.15, 0.2) is 0 Å². The lowest BCUT2D eigenvalue weighted by Crippen LogP contribution is -2.21. The van der Waals surface area contributed by atoms with Crippen molar-refractivity contribution in [2.45, 2.75) is 33.4 Å². The second-order valence-electron chi connectivity index (χ2n) is 5.43. The van der Waals surface area contributed by atoms with Crippen LogP contribution in [0.4, 0.5) is 0 Å². The van der Waals surface area contributed by atoms with Crippen LogP contribution in [0, 0.1) is 11.8 Å². The Hall–Kier alpha value is -0.800. The van der Waals surface area contributed by atoms with E-state index in [0.29, 0.717) is 0 Å². The first-order valence-corrected chi connectivity index (χ1v) is 6.63. The summed E-state index contributed by atoms with van der Waals surface area (Å²) in [5, 5.41) is 3.11. The third kappa shape index (κ3) is 3.33. The van der Waals surface area contributed by atoms with Gasteiger partial charge >= 0.3 is 0 Å². The van der Waals surface area contributed by atoms with Gasteiger partial charge in [0.25, 0.3) is 0 Å². The van der Waals surface area contributed by atoms with Gasteiger partial charge in [-0.1, -0.05) is 13.8 Å². The highest BCUT2D eigenvalue weighted by molar-refractivity contribution is 5.07. The molecule has 2 rings (SSSR count). The number of nitrogens with zero attached hydrogens (tertiary/aromatic N) is 1. The number of hydrogen-bond acceptors (Lipinski definition) is 3. The minimum Gasteiger partial charge on any atom is -0.463 e. The van der Waals surface area contributed by atoms with E-state index in [1.807, 2.05) is 7.05 Å². The van der Waals surface area contributed by atoms with Crippen molar-refractivity contribution in [1.29, 1.82) is 0 Å². The molecule has 1 unspecified atom stereocenters. The summed E-state index contributed by atoms with van der Waals surface area (Å²) in [5.41, 5.74) is 0. The maximum absolute atomic E-state index is 5.78. The van der Waals surface area contributed by atoms with E-state index in [0.717, 1.165) is 36.4 Å². The molecule has 0 amide bonds. The summed E-state index contributed by atoms with van der Waals surface area (Å²) in [4.78, 5) is 2.51. The molecule has 96 valence electrons. The topological polar surface area (TPSA) is 28.4 Å². The number of likely N-dealkylation sites (tertiary alicyclic amines) is 1. The molecule has 1 atom stereocenters. The van der Waals surface area contributed by atoms with Gasteiger partial charge in [-0.05, 0) is 44.0 Å². The van der Waals surface area contributed by atoms with E-state index >= 15 is 0 Å². The van der Waals surface area contributed by atoms with Gasteiger partial charge in [0.1, 0.15) is 11.5 Å². The molecule has 0 aromatic carbocycles. The molecule has 1 N–H and O–H groups in total. The van der Waals surface area contributed by atoms with Crippen LogP contribution < -0.4 is 5.32 Å². The molecule has 3 nitrogen and oxygen atoms in total. The summed E-state index contributed by atoms with van der Waals surface area (Å²) in [5.74, 6) is 3.79. The first-order chi connectivity index (χ1) is 8.19. The van der Waals surface area contributed by atoms with Crippen LogP contribution in [0.5, 0.6) is 0 Å². The van der Waals surface area contributed by atoms with Crippen LogP contribution in [0.25, 0.3) is 0 Å². The van der Waals surface area contributed by atoms with Crippen molar-refractivity contribution in [3.63, 3.8) is 0 Å². The molecular formula is C14H24N2O. The minimum absolute atomic E-state index is 0.802. The van der Waals surface area contributed by atoms with E-state index in [-0.39, 0.29) is 0 Å². The van der Waals surface area contributed by atoms with Gasteiger partial charge in [0, 0.05) is 6.54 Å². The molecule has 1 aromatic heterocycles. The van der Waals surface area contributed by atoms with Crippen molar-refractivity contribution >= 4 is 0 Å². The van der Waals surface area contributed by atoms with Crippen LogP contribution in [0.2, 0.25) is 0 Å². The van der Waals surface area contributed by atoms with Crippen LogP contribution in [-0.2, 0) is 13.1 Å². The number of nitrogens with one attached hydrogen (secondary N) is 1. The molecule has 0 bridgehead atoms. The Kier molecular flexibility index (Phi) is 4.24. The van der Waals surface area contributed by atoms with Gasteiger partial charge in [-0.2, -0.15) is 0 Å². The SMILES string of the molecule is CNCc1ccc(CN2CCC(C(C)C)C2)o1. The van der Waals surface area contributed by atoms with Crippen LogP contribution >= 0.6 is 0 Å². The first kappa shape index (κ1) is 12.7. The van der Waals surface area contributed by atoms with Gasteiger partial charge in [0.2, 0.25) is 0 Å². The molecule has 0 spiro atoms. The normalized spacial score (nSPS) is 21.5. The Bertz CT molecular complexity index is 346. The summed E-state index contributed by atoms with van der Waals surface area (Å²) < 4.78 is 5.78. The summed E-state index contributed by atoms with van der Waals surface area (Å²) in [6.07, 6.45) is 1.34. The molecule has 1 aromatic rings. The van der Waals surface area contributed by atoms with Crippen molar-refractivity contribution in [2.75, 3.05) is 20.1 Å². The molecule has 0 saturated carbocycles. The lowest BCUT2D eigenvalue weighted by molar-refractivity contribution is 0.269. The zero-order valence-corrected chi connectivity index (χ0v) is 11.2. The third-order valence-electron chi connectivity index (χ3n) is 3.70. The van der Waals surface area contributed by atoms with E-state index in [2.05, 4.69) is 36.2 Å². The zero-order chi connectivity index (χ0) is 12.3. The van der Waals surface area contributed by atoms with Gasteiger partial charge in [-0.3, -0.25) is 4.90 Å². The summed E-state index contributed by atoms with van der Waals surface area (Å²) in [6.45, 7) is 8.87. The molecule has 17 heavy (non-hydrogen) atoms. The Labute approximate surface area is 104 Å². The first-order valence-electron chi connectivity index (χ1n) is 6.63. The third-order valence-corrected chi connectivity index (χ3v) is 3.70. The van der Waals surface area contributed by atoms with E-state index in [9.17, 15) is 0 Å². The van der Waals surface area contributed by atoms with Crippen LogP contribution in [0.15, 0.2) is 16.5 Å². The Morgan fingerprint density at radius 2 is 2.18 bits per heavy atom. The number of furan rings is 1. The highest BCUT2D eigenvalue weighted by Crippen LogP contribution is 2.25. The van der Waals surface area contributed by atoms with Crippen molar-refractivity contribution < 1.29 is 4.42 Å². The Morgan fingerprint density at radius 3 is 2.82 bits per heavy atom. The van der Waals surface area contributed by atoms with Crippen molar-refractivity contribution in [1.82, 2.24) is 10.2 Å². The predicted molar refractivity (Wildman–Crippen MR) is 69.7 cm³/mol.